The summed E-state index contributed by atoms with van der Waals surface area (Å²) >= 11 is 0. The van der Waals surface area contributed by atoms with Gasteiger partial charge < -0.3 is 10.2 Å². The van der Waals surface area contributed by atoms with Gasteiger partial charge in [0.15, 0.2) is 5.60 Å². The van der Waals surface area contributed by atoms with Gasteiger partial charge in [0.05, 0.1) is 0 Å². The molecule has 0 saturated heterocycles. The molecule has 20 heavy (non-hydrogen) atoms. The van der Waals surface area contributed by atoms with E-state index in [0.717, 1.165) is 19.3 Å². The molecule has 0 amide bonds. The molecule has 0 bridgehead atoms. The third kappa shape index (κ3) is 8.57. The molecule has 0 aromatic rings. The van der Waals surface area contributed by atoms with E-state index in [1.807, 2.05) is 6.92 Å². The summed E-state index contributed by atoms with van der Waals surface area (Å²) in [7, 11) is 0. The molecule has 0 aliphatic rings. The first-order chi connectivity index (χ1) is 9.42. The van der Waals surface area contributed by atoms with E-state index in [2.05, 4.69) is 6.92 Å². The Balaban J connectivity index is 3.42. The van der Waals surface area contributed by atoms with Crippen molar-refractivity contribution >= 4 is 5.97 Å². The minimum absolute atomic E-state index is 0.186. The fourth-order valence-electron chi connectivity index (χ4n) is 2.43. The highest BCUT2D eigenvalue weighted by molar-refractivity contribution is 5.76. The third-order valence-corrected chi connectivity index (χ3v) is 4.38. The SMILES string of the molecule is CCCCCCCCCCCCC(C)C(C)(O)C(=O)O. The Labute approximate surface area is 124 Å². The second-order valence-electron chi connectivity index (χ2n) is 6.32. The predicted molar refractivity (Wildman–Crippen MR) is 83.9 cm³/mol. The Hall–Kier alpha value is -0.570. The molecule has 0 saturated carbocycles. The first-order valence-corrected chi connectivity index (χ1v) is 8.38. The quantitative estimate of drug-likeness (QED) is 0.479. The predicted octanol–water partition coefficient (Wildman–Crippen LogP) is 4.77. The van der Waals surface area contributed by atoms with Crippen LogP contribution in [0.4, 0.5) is 0 Å². The van der Waals surface area contributed by atoms with Crippen LogP contribution in [0.2, 0.25) is 0 Å². The van der Waals surface area contributed by atoms with Gasteiger partial charge in [0.1, 0.15) is 0 Å². The smallest absolute Gasteiger partial charge is 0.335 e. The molecular weight excluding hydrogens is 252 g/mol. The minimum atomic E-state index is -1.58. The van der Waals surface area contributed by atoms with Crippen molar-refractivity contribution in [3.63, 3.8) is 0 Å². The number of carbonyl (C=O) groups is 1. The van der Waals surface area contributed by atoms with Crippen LogP contribution < -0.4 is 0 Å². The van der Waals surface area contributed by atoms with Crippen molar-refractivity contribution in [1.29, 1.82) is 0 Å². The topological polar surface area (TPSA) is 57.5 Å². The van der Waals surface area contributed by atoms with Gasteiger partial charge in [-0.3, -0.25) is 0 Å². The largest absolute Gasteiger partial charge is 0.479 e. The summed E-state index contributed by atoms with van der Waals surface area (Å²) < 4.78 is 0. The zero-order valence-electron chi connectivity index (χ0n) is 13.7. The Kier molecular flexibility index (Phi) is 10.8. The number of hydrogen-bond acceptors (Lipinski definition) is 2. The van der Waals surface area contributed by atoms with Gasteiger partial charge >= 0.3 is 5.97 Å². The molecule has 0 heterocycles. The van der Waals surface area contributed by atoms with E-state index in [0.29, 0.717) is 0 Å². The summed E-state index contributed by atoms with van der Waals surface area (Å²) in [5.74, 6) is -1.30. The molecule has 0 fully saturated rings. The number of rotatable bonds is 13. The summed E-state index contributed by atoms with van der Waals surface area (Å²) in [6, 6.07) is 0. The van der Waals surface area contributed by atoms with Crippen LogP contribution in [0, 0.1) is 5.92 Å². The van der Waals surface area contributed by atoms with Gasteiger partial charge in [0, 0.05) is 0 Å². The number of unbranched alkanes of at least 4 members (excludes halogenated alkanes) is 9. The van der Waals surface area contributed by atoms with E-state index < -0.39 is 11.6 Å². The molecule has 0 radical (unpaired) electrons. The summed E-state index contributed by atoms with van der Waals surface area (Å²) in [6.07, 6.45) is 13.6. The van der Waals surface area contributed by atoms with Gasteiger partial charge in [0.2, 0.25) is 0 Å². The fraction of sp³-hybridized carbons (Fsp3) is 0.941. The molecule has 2 atom stereocenters. The van der Waals surface area contributed by atoms with E-state index >= 15 is 0 Å². The van der Waals surface area contributed by atoms with E-state index in [4.69, 9.17) is 5.11 Å². The lowest BCUT2D eigenvalue weighted by atomic mass is 9.86. The van der Waals surface area contributed by atoms with Crippen LogP contribution in [0.1, 0.15) is 91.4 Å². The van der Waals surface area contributed by atoms with E-state index in [1.165, 1.54) is 58.3 Å². The summed E-state index contributed by atoms with van der Waals surface area (Å²) in [5, 5.41) is 18.7. The standard InChI is InChI=1S/C17H34O3/c1-4-5-6-7-8-9-10-11-12-13-14-15(2)17(3,20)16(18)19/h15,20H,4-14H2,1-3H3,(H,18,19). The molecule has 2 unspecified atom stereocenters. The van der Waals surface area contributed by atoms with Crippen molar-refractivity contribution in [3.05, 3.63) is 0 Å². The minimum Gasteiger partial charge on any atom is -0.479 e. The maximum atomic E-state index is 10.9. The number of carboxylic acids is 1. The zero-order valence-corrected chi connectivity index (χ0v) is 13.7. The Morgan fingerprint density at radius 1 is 0.950 bits per heavy atom. The molecule has 0 spiro atoms. The summed E-state index contributed by atoms with van der Waals surface area (Å²) in [5.41, 5.74) is -1.58. The van der Waals surface area contributed by atoms with Gasteiger partial charge in [-0.25, -0.2) is 4.79 Å². The molecular formula is C17H34O3. The number of aliphatic hydroxyl groups is 1. The maximum absolute atomic E-state index is 10.9. The summed E-state index contributed by atoms with van der Waals surface area (Å²) in [4.78, 5) is 10.9. The second kappa shape index (κ2) is 11.1. The highest BCUT2D eigenvalue weighted by Crippen LogP contribution is 2.23. The second-order valence-corrected chi connectivity index (χ2v) is 6.32. The van der Waals surface area contributed by atoms with Crippen LogP contribution in [0.3, 0.4) is 0 Å². The van der Waals surface area contributed by atoms with Crippen molar-refractivity contribution in [1.82, 2.24) is 0 Å². The first-order valence-electron chi connectivity index (χ1n) is 8.38. The highest BCUT2D eigenvalue weighted by Gasteiger charge is 2.35. The number of aliphatic carboxylic acids is 1. The van der Waals surface area contributed by atoms with Crippen molar-refractivity contribution in [3.8, 4) is 0 Å². The van der Waals surface area contributed by atoms with Crippen LogP contribution in [0.15, 0.2) is 0 Å². The van der Waals surface area contributed by atoms with Gasteiger partial charge in [-0.05, 0) is 19.3 Å². The summed E-state index contributed by atoms with van der Waals surface area (Å²) in [6.45, 7) is 5.46. The van der Waals surface area contributed by atoms with Crippen molar-refractivity contribution in [2.45, 2.75) is 97.0 Å². The lowest BCUT2D eigenvalue weighted by Crippen LogP contribution is -2.41. The monoisotopic (exact) mass is 286 g/mol. The molecule has 3 heteroatoms. The molecule has 0 aliphatic heterocycles. The van der Waals surface area contributed by atoms with Crippen LogP contribution >= 0.6 is 0 Å². The fourth-order valence-corrected chi connectivity index (χ4v) is 2.43. The highest BCUT2D eigenvalue weighted by atomic mass is 16.4. The Bertz CT molecular complexity index is 249. The molecule has 2 N–H and O–H groups in total. The molecule has 3 nitrogen and oxygen atoms in total. The lowest BCUT2D eigenvalue weighted by molar-refractivity contribution is -0.162. The first kappa shape index (κ1) is 19.4. The molecule has 0 aromatic carbocycles. The molecule has 0 aromatic heterocycles. The Morgan fingerprint density at radius 3 is 1.75 bits per heavy atom. The van der Waals surface area contributed by atoms with E-state index in [9.17, 15) is 9.90 Å². The average Bonchev–Trinajstić information content (AvgIpc) is 2.40. The van der Waals surface area contributed by atoms with Crippen molar-refractivity contribution in [2.75, 3.05) is 0 Å². The van der Waals surface area contributed by atoms with Crippen LogP contribution in [0.5, 0.6) is 0 Å². The van der Waals surface area contributed by atoms with Gasteiger partial charge in [-0.2, -0.15) is 0 Å². The van der Waals surface area contributed by atoms with Gasteiger partial charge in [-0.15, -0.1) is 0 Å². The third-order valence-electron chi connectivity index (χ3n) is 4.38. The average molecular weight is 286 g/mol. The van der Waals surface area contributed by atoms with Gasteiger partial charge in [-0.1, -0.05) is 78.1 Å². The van der Waals surface area contributed by atoms with E-state index in [-0.39, 0.29) is 5.92 Å². The Morgan fingerprint density at radius 2 is 1.35 bits per heavy atom. The zero-order chi connectivity index (χ0) is 15.4. The van der Waals surface area contributed by atoms with E-state index in [1.54, 1.807) is 0 Å². The normalized spacial score (nSPS) is 15.8. The number of hydrogen-bond donors (Lipinski definition) is 2. The lowest BCUT2D eigenvalue weighted by Gasteiger charge is -2.25. The van der Waals surface area contributed by atoms with Gasteiger partial charge in [0.25, 0.3) is 0 Å². The van der Waals surface area contributed by atoms with Crippen LogP contribution in [0.25, 0.3) is 0 Å². The maximum Gasteiger partial charge on any atom is 0.335 e. The van der Waals surface area contributed by atoms with Crippen LogP contribution in [-0.2, 0) is 4.79 Å². The number of carboxylic acid groups (broad SMARTS) is 1. The van der Waals surface area contributed by atoms with Crippen LogP contribution in [-0.4, -0.2) is 21.8 Å². The molecule has 120 valence electrons. The molecule has 0 rings (SSSR count). The molecule has 0 aliphatic carbocycles. The van der Waals surface area contributed by atoms with Crippen molar-refractivity contribution < 1.29 is 15.0 Å². The van der Waals surface area contributed by atoms with Crippen molar-refractivity contribution in [2.24, 2.45) is 5.92 Å².